The maximum absolute atomic E-state index is 11.2. The highest BCUT2D eigenvalue weighted by Crippen LogP contribution is 2.36. The molecule has 1 aromatic carbocycles. The van der Waals surface area contributed by atoms with Gasteiger partial charge in [0.05, 0.1) is 13.0 Å². The van der Waals surface area contributed by atoms with E-state index in [9.17, 15) is 9.59 Å². The zero-order chi connectivity index (χ0) is 13.1. The highest BCUT2D eigenvalue weighted by molar-refractivity contribution is 5.82. The minimum absolute atomic E-state index is 0.0762. The largest absolute Gasteiger partial charge is 0.494 e. The number of rotatable bonds is 4. The van der Waals surface area contributed by atoms with E-state index < -0.39 is 24.0 Å². The predicted molar refractivity (Wildman–Crippen MR) is 62.2 cm³/mol. The van der Waals surface area contributed by atoms with Crippen LogP contribution in [-0.4, -0.2) is 23.7 Å². The number of carboxylic acids is 1. The number of cyclic esters (lactones) is 1. The second kappa shape index (κ2) is 5.08. The fourth-order valence-electron chi connectivity index (χ4n) is 2.00. The first-order valence-electron chi connectivity index (χ1n) is 5.77. The van der Waals surface area contributed by atoms with Crippen molar-refractivity contribution in [1.29, 1.82) is 0 Å². The lowest BCUT2D eigenvalue weighted by atomic mass is 9.95. The number of carbonyl (C=O) groups is 2. The van der Waals surface area contributed by atoms with Crippen molar-refractivity contribution in [3.63, 3.8) is 0 Å². The molecule has 1 fully saturated rings. The molecule has 2 rings (SSSR count). The Morgan fingerprint density at radius 2 is 2.11 bits per heavy atom. The van der Waals surface area contributed by atoms with Crippen LogP contribution < -0.4 is 4.74 Å². The Morgan fingerprint density at radius 1 is 1.44 bits per heavy atom. The van der Waals surface area contributed by atoms with Gasteiger partial charge in [0.2, 0.25) is 0 Å². The minimum atomic E-state index is -1.01. The molecule has 0 unspecified atom stereocenters. The Balaban J connectivity index is 2.19. The lowest BCUT2D eigenvalue weighted by Gasteiger charge is -2.14. The van der Waals surface area contributed by atoms with Crippen molar-refractivity contribution in [2.75, 3.05) is 6.61 Å². The van der Waals surface area contributed by atoms with E-state index in [4.69, 9.17) is 14.6 Å². The summed E-state index contributed by atoms with van der Waals surface area (Å²) < 4.78 is 10.4. The molecule has 18 heavy (non-hydrogen) atoms. The smallest absolute Gasteiger partial charge is 0.311 e. The number of carboxylic acid groups (broad SMARTS) is 1. The number of benzene rings is 1. The molecule has 1 N–H and O–H groups in total. The number of carbonyl (C=O) groups excluding carboxylic acids is 1. The van der Waals surface area contributed by atoms with Gasteiger partial charge in [0, 0.05) is 0 Å². The van der Waals surface area contributed by atoms with Crippen molar-refractivity contribution in [2.24, 2.45) is 5.92 Å². The minimum Gasteiger partial charge on any atom is -0.494 e. The fraction of sp³-hybridized carbons (Fsp3) is 0.385. The van der Waals surface area contributed by atoms with E-state index in [0.29, 0.717) is 17.9 Å². The maximum Gasteiger partial charge on any atom is 0.311 e. The van der Waals surface area contributed by atoms with Crippen molar-refractivity contribution in [3.8, 4) is 5.75 Å². The molecule has 0 radical (unpaired) electrons. The van der Waals surface area contributed by atoms with Crippen LogP contribution in [0.25, 0.3) is 0 Å². The molecule has 5 nitrogen and oxygen atoms in total. The topological polar surface area (TPSA) is 72.8 Å². The van der Waals surface area contributed by atoms with Crippen molar-refractivity contribution < 1.29 is 24.2 Å². The Hall–Kier alpha value is -2.04. The van der Waals surface area contributed by atoms with Gasteiger partial charge >= 0.3 is 11.9 Å². The van der Waals surface area contributed by atoms with Crippen LogP contribution in [0.5, 0.6) is 5.75 Å². The average Bonchev–Trinajstić information content (AvgIpc) is 2.73. The van der Waals surface area contributed by atoms with Crippen LogP contribution in [0.1, 0.15) is 25.0 Å². The molecule has 0 aromatic heterocycles. The summed E-state index contributed by atoms with van der Waals surface area (Å²) in [4.78, 5) is 22.2. The monoisotopic (exact) mass is 250 g/mol. The van der Waals surface area contributed by atoms with E-state index in [2.05, 4.69) is 0 Å². The number of aliphatic carboxylic acids is 1. The van der Waals surface area contributed by atoms with Gasteiger partial charge in [-0.1, -0.05) is 12.1 Å². The summed E-state index contributed by atoms with van der Waals surface area (Å²) in [6.07, 6.45) is -0.779. The average molecular weight is 250 g/mol. The molecule has 1 aromatic rings. The van der Waals surface area contributed by atoms with Crippen LogP contribution >= 0.6 is 0 Å². The molecule has 2 atom stereocenters. The Morgan fingerprint density at radius 3 is 2.67 bits per heavy atom. The molecular formula is C13H14O5. The molecule has 0 aliphatic carbocycles. The van der Waals surface area contributed by atoms with Crippen LogP contribution in [-0.2, 0) is 14.3 Å². The van der Waals surface area contributed by atoms with Crippen molar-refractivity contribution in [2.45, 2.75) is 19.4 Å². The van der Waals surface area contributed by atoms with E-state index in [1.165, 1.54) is 0 Å². The summed E-state index contributed by atoms with van der Waals surface area (Å²) in [6.45, 7) is 2.45. The van der Waals surface area contributed by atoms with Crippen molar-refractivity contribution >= 4 is 11.9 Å². The molecule has 1 aliphatic rings. The van der Waals surface area contributed by atoms with E-state index in [1.807, 2.05) is 6.92 Å². The van der Waals surface area contributed by atoms with E-state index in [-0.39, 0.29) is 6.42 Å². The molecular weight excluding hydrogens is 236 g/mol. The van der Waals surface area contributed by atoms with Gasteiger partial charge in [0.25, 0.3) is 0 Å². The first kappa shape index (κ1) is 12.4. The molecule has 0 bridgehead atoms. The zero-order valence-corrected chi connectivity index (χ0v) is 9.96. The van der Waals surface area contributed by atoms with Gasteiger partial charge in [-0.2, -0.15) is 0 Å². The van der Waals surface area contributed by atoms with E-state index in [1.54, 1.807) is 24.3 Å². The number of ether oxygens (including phenoxy) is 2. The molecule has 0 saturated carbocycles. The van der Waals surface area contributed by atoms with Crippen LogP contribution in [0.15, 0.2) is 24.3 Å². The third-order valence-corrected chi connectivity index (χ3v) is 2.85. The third kappa shape index (κ3) is 2.45. The second-order valence-corrected chi connectivity index (χ2v) is 4.06. The standard InChI is InChI=1S/C13H14O5/c1-2-17-9-5-3-8(4-6-9)12-10(13(15)16)7-11(14)18-12/h3-6,10,12H,2,7H2,1H3,(H,15,16)/t10-,12+/m1/s1. The number of esters is 1. The highest BCUT2D eigenvalue weighted by Gasteiger charge is 2.40. The zero-order valence-electron chi connectivity index (χ0n) is 9.96. The molecule has 0 spiro atoms. The third-order valence-electron chi connectivity index (χ3n) is 2.85. The maximum atomic E-state index is 11.2. The molecule has 1 saturated heterocycles. The van der Waals surface area contributed by atoms with Gasteiger partial charge in [-0.25, -0.2) is 0 Å². The van der Waals surface area contributed by atoms with Crippen LogP contribution in [0, 0.1) is 5.92 Å². The first-order valence-corrected chi connectivity index (χ1v) is 5.77. The van der Waals surface area contributed by atoms with Gasteiger partial charge in [-0.15, -0.1) is 0 Å². The van der Waals surface area contributed by atoms with Gasteiger partial charge < -0.3 is 14.6 Å². The SMILES string of the molecule is CCOc1ccc([C@@H]2OC(=O)C[C@H]2C(=O)O)cc1. The second-order valence-electron chi connectivity index (χ2n) is 4.06. The number of hydrogen-bond donors (Lipinski definition) is 1. The molecule has 0 amide bonds. The molecule has 1 heterocycles. The van der Waals surface area contributed by atoms with Gasteiger partial charge in [0.1, 0.15) is 17.8 Å². The fourth-order valence-corrected chi connectivity index (χ4v) is 2.00. The van der Waals surface area contributed by atoms with Gasteiger partial charge in [0.15, 0.2) is 0 Å². The first-order chi connectivity index (χ1) is 8.61. The molecule has 5 heteroatoms. The summed E-state index contributed by atoms with van der Waals surface area (Å²) in [5.74, 6) is -1.59. The van der Waals surface area contributed by atoms with E-state index >= 15 is 0 Å². The van der Waals surface area contributed by atoms with E-state index in [0.717, 1.165) is 0 Å². The lowest BCUT2D eigenvalue weighted by Crippen LogP contribution is -2.17. The van der Waals surface area contributed by atoms with Crippen LogP contribution in [0.2, 0.25) is 0 Å². The summed E-state index contributed by atoms with van der Waals surface area (Å²) in [5, 5.41) is 9.04. The summed E-state index contributed by atoms with van der Waals surface area (Å²) in [6, 6.07) is 6.93. The summed E-state index contributed by atoms with van der Waals surface area (Å²) in [5.41, 5.74) is 0.678. The van der Waals surface area contributed by atoms with Crippen molar-refractivity contribution in [3.05, 3.63) is 29.8 Å². The highest BCUT2D eigenvalue weighted by atomic mass is 16.6. The Bertz CT molecular complexity index is 451. The molecule has 96 valence electrons. The van der Waals surface area contributed by atoms with Crippen LogP contribution in [0.3, 0.4) is 0 Å². The Labute approximate surface area is 104 Å². The number of hydrogen-bond acceptors (Lipinski definition) is 4. The summed E-state index contributed by atoms with van der Waals surface area (Å²) in [7, 11) is 0. The van der Waals surface area contributed by atoms with Crippen LogP contribution in [0.4, 0.5) is 0 Å². The Kier molecular flexibility index (Phi) is 3.50. The van der Waals surface area contributed by atoms with Gasteiger partial charge in [-0.3, -0.25) is 9.59 Å². The normalized spacial score (nSPS) is 22.6. The molecule has 1 aliphatic heterocycles. The van der Waals surface area contributed by atoms with Crippen molar-refractivity contribution in [1.82, 2.24) is 0 Å². The van der Waals surface area contributed by atoms with Gasteiger partial charge in [-0.05, 0) is 24.6 Å². The predicted octanol–water partition coefficient (Wildman–Crippen LogP) is 1.77. The summed E-state index contributed by atoms with van der Waals surface area (Å²) >= 11 is 0. The quantitative estimate of drug-likeness (QED) is 0.824. The lowest BCUT2D eigenvalue weighted by molar-refractivity contribution is -0.144.